The highest BCUT2D eigenvalue weighted by Crippen LogP contribution is 2.20. The van der Waals surface area contributed by atoms with E-state index < -0.39 is 11.7 Å². The summed E-state index contributed by atoms with van der Waals surface area (Å²) in [6.07, 6.45) is 1.13. The van der Waals surface area contributed by atoms with Crippen LogP contribution in [0.4, 0.5) is 10.5 Å². The fourth-order valence-corrected chi connectivity index (χ4v) is 2.08. The molecule has 2 aromatic rings. The average Bonchev–Trinajstić information content (AvgIpc) is 2.84. The van der Waals surface area contributed by atoms with Gasteiger partial charge in [-0.15, -0.1) is 0 Å². The molecule has 2 rings (SSSR count). The summed E-state index contributed by atoms with van der Waals surface area (Å²) in [4.78, 5) is 26.7. The number of carbonyl (C=O) groups is 2. The van der Waals surface area contributed by atoms with Crippen molar-refractivity contribution < 1.29 is 14.3 Å². The number of aromatic amines is 1. The fraction of sp³-hybridized carbons (Fsp3) is 0.375. The largest absolute Gasteiger partial charge is 0.444 e. The number of nitrogens with one attached hydrogen (secondary N) is 3. The normalized spacial score (nSPS) is 11.3. The van der Waals surface area contributed by atoms with Crippen molar-refractivity contribution in [2.24, 2.45) is 0 Å². The summed E-state index contributed by atoms with van der Waals surface area (Å²) in [5, 5.41) is 6.09. The summed E-state index contributed by atoms with van der Waals surface area (Å²) in [6.45, 7) is 5.95. The minimum absolute atomic E-state index is 0.229. The Labute approximate surface area is 134 Å². The van der Waals surface area contributed by atoms with Gasteiger partial charge in [0.2, 0.25) is 0 Å². The fourth-order valence-electron chi connectivity index (χ4n) is 2.08. The number of rotatable bonds is 4. The molecule has 0 bridgehead atoms. The maximum atomic E-state index is 12.2. The monoisotopic (exact) mass is 318 g/mol. The molecule has 0 atom stereocenters. The number of aromatic nitrogens is 1. The van der Waals surface area contributed by atoms with Crippen molar-refractivity contribution in [3.63, 3.8) is 0 Å². The number of anilines is 1. The number of benzene rings is 1. The Hall–Kier alpha value is -2.70. The van der Waals surface area contributed by atoms with E-state index in [9.17, 15) is 9.59 Å². The van der Waals surface area contributed by atoms with Gasteiger partial charge in [0.15, 0.2) is 0 Å². The molecule has 0 aliphatic rings. The molecule has 0 aliphatic heterocycles. The smallest absolute Gasteiger partial charge is 0.407 e. The lowest BCUT2D eigenvalue weighted by atomic mass is 10.1. The highest BCUT2D eigenvalue weighted by atomic mass is 16.6. The number of carbonyl (C=O) groups excluding carboxylic acids is 2. The molecule has 0 radical (unpaired) electrons. The molecular formula is C16H22N4O3. The minimum Gasteiger partial charge on any atom is -0.444 e. The second-order valence-corrected chi connectivity index (χ2v) is 6.19. The van der Waals surface area contributed by atoms with Crippen LogP contribution >= 0.6 is 0 Å². The molecule has 23 heavy (non-hydrogen) atoms. The van der Waals surface area contributed by atoms with Crippen LogP contribution in [0.15, 0.2) is 24.4 Å². The third kappa shape index (κ3) is 4.64. The van der Waals surface area contributed by atoms with E-state index in [0.29, 0.717) is 17.8 Å². The lowest BCUT2D eigenvalue weighted by molar-refractivity contribution is 0.0526. The van der Waals surface area contributed by atoms with Gasteiger partial charge < -0.3 is 26.1 Å². The van der Waals surface area contributed by atoms with Crippen molar-refractivity contribution in [3.05, 3.63) is 30.0 Å². The van der Waals surface area contributed by atoms with Crippen molar-refractivity contribution in [1.29, 1.82) is 0 Å². The maximum absolute atomic E-state index is 12.2. The zero-order chi connectivity index (χ0) is 17.0. The summed E-state index contributed by atoms with van der Waals surface area (Å²) in [6, 6.07) is 5.34. The second-order valence-electron chi connectivity index (χ2n) is 6.19. The van der Waals surface area contributed by atoms with E-state index in [-0.39, 0.29) is 12.5 Å². The number of ether oxygens (including phenoxy) is 1. The van der Waals surface area contributed by atoms with Crippen LogP contribution in [0.3, 0.4) is 0 Å². The SMILES string of the molecule is CC(C)(C)OC(=O)NCCNC(=O)c1c[nH]c2ccc(N)cc12. The van der Waals surface area contributed by atoms with Crippen LogP contribution < -0.4 is 16.4 Å². The number of fused-ring (bicyclic) bond motifs is 1. The molecule has 2 amide bonds. The molecule has 124 valence electrons. The van der Waals surface area contributed by atoms with E-state index in [1.165, 1.54) is 0 Å². The molecule has 7 nitrogen and oxygen atoms in total. The molecule has 0 saturated carbocycles. The molecule has 0 aliphatic carbocycles. The van der Waals surface area contributed by atoms with Crippen LogP contribution in [0.2, 0.25) is 0 Å². The predicted octanol–water partition coefficient (Wildman–Crippen LogP) is 2.00. The zero-order valence-electron chi connectivity index (χ0n) is 13.5. The summed E-state index contributed by atoms with van der Waals surface area (Å²) in [5.74, 6) is -0.229. The average molecular weight is 318 g/mol. The van der Waals surface area contributed by atoms with Crippen molar-refractivity contribution in [3.8, 4) is 0 Å². The molecule has 0 fully saturated rings. The highest BCUT2D eigenvalue weighted by molar-refractivity contribution is 6.07. The topological polar surface area (TPSA) is 109 Å². The Balaban J connectivity index is 1.85. The Morgan fingerprint density at radius 2 is 1.91 bits per heavy atom. The van der Waals surface area contributed by atoms with Gasteiger partial charge in [0, 0.05) is 35.9 Å². The summed E-state index contributed by atoms with van der Waals surface area (Å²) < 4.78 is 5.11. The number of nitrogen functional groups attached to an aromatic ring is 1. The van der Waals surface area contributed by atoms with E-state index in [0.717, 1.165) is 10.9 Å². The second kappa shape index (κ2) is 6.60. The van der Waals surface area contributed by atoms with Crippen LogP contribution in [0.5, 0.6) is 0 Å². The van der Waals surface area contributed by atoms with E-state index in [4.69, 9.17) is 10.5 Å². The first-order valence-corrected chi connectivity index (χ1v) is 7.38. The zero-order valence-corrected chi connectivity index (χ0v) is 13.5. The summed E-state index contributed by atoms with van der Waals surface area (Å²) in [7, 11) is 0. The molecule has 1 heterocycles. The van der Waals surface area contributed by atoms with Crippen LogP contribution in [0, 0.1) is 0 Å². The van der Waals surface area contributed by atoms with Gasteiger partial charge in [-0.3, -0.25) is 4.79 Å². The number of hydrogen-bond acceptors (Lipinski definition) is 4. The third-order valence-electron chi connectivity index (χ3n) is 3.03. The summed E-state index contributed by atoms with van der Waals surface area (Å²) >= 11 is 0. The Morgan fingerprint density at radius 1 is 1.22 bits per heavy atom. The van der Waals surface area contributed by atoms with Gasteiger partial charge in [0.05, 0.1) is 5.56 Å². The maximum Gasteiger partial charge on any atom is 0.407 e. The Morgan fingerprint density at radius 3 is 2.61 bits per heavy atom. The van der Waals surface area contributed by atoms with Crippen LogP contribution in [-0.2, 0) is 4.74 Å². The summed E-state index contributed by atoms with van der Waals surface area (Å²) in [5.41, 5.74) is 7.16. The predicted molar refractivity (Wildman–Crippen MR) is 89.3 cm³/mol. The van der Waals surface area contributed by atoms with Gasteiger partial charge >= 0.3 is 6.09 Å². The van der Waals surface area contributed by atoms with E-state index >= 15 is 0 Å². The molecular weight excluding hydrogens is 296 g/mol. The molecule has 5 N–H and O–H groups in total. The van der Waals surface area contributed by atoms with Crippen molar-refractivity contribution in [1.82, 2.24) is 15.6 Å². The van der Waals surface area contributed by atoms with Gasteiger partial charge in [-0.05, 0) is 39.0 Å². The first-order chi connectivity index (χ1) is 10.8. The van der Waals surface area contributed by atoms with Crippen LogP contribution in [0.25, 0.3) is 10.9 Å². The van der Waals surface area contributed by atoms with E-state index in [1.54, 1.807) is 39.1 Å². The molecule has 1 aromatic carbocycles. The number of amides is 2. The Kier molecular flexibility index (Phi) is 4.78. The molecule has 0 saturated heterocycles. The van der Waals surface area contributed by atoms with Crippen molar-refractivity contribution >= 4 is 28.6 Å². The van der Waals surface area contributed by atoms with Gasteiger partial charge in [0.25, 0.3) is 5.91 Å². The first-order valence-electron chi connectivity index (χ1n) is 7.38. The van der Waals surface area contributed by atoms with Crippen LogP contribution in [-0.4, -0.2) is 35.7 Å². The van der Waals surface area contributed by atoms with Gasteiger partial charge in [-0.1, -0.05) is 0 Å². The van der Waals surface area contributed by atoms with Gasteiger partial charge in [-0.25, -0.2) is 4.79 Å². The van der Waals surface area contributed by atoms with Crippen molar-refractivity contribution in [2.75, 3.05) is 18.8 Å². The number of H-pyrrole nitrogens is 1. The quantitative estimate of drug-likeness (QED) is 0.510. The van der Waals surface area contributed by atoms with Crippen molar-refractivity contribution in [2.45, 2.75) is 26.4 Å². The van der Waals surface area contributed by atoms with E-state index in [2.05, 4.69) is 15.6 Å². The third-order valence-corrected chi connectivity index (χ3v) is 3.03. The van der Waals surface area contributed by atoms with E-state index in [1.807, 2.05) is 6.07 Å². The lowest BCUT2D eigenvalue weighted by Gasteiger charge is -2.19. The minimum atomic E-state index is -0.544. The number of nitrogens with two attached hydrogens (primary N) is 1. The molecule has 0 unspecified atom stereocenters. The molecule has 1 aromatic heterocycles. The van der Waals surface area contributed by atoms with Crippen LogP contribution in [0.1, 0.15) is 31.1 Å². The molecule has 0 spiro atoms. The number of hydrogen-bond donors (Lipinski definition) is 4. The van der Waals surface area contributed by atoms with Gasteiger partial charge in [-0.2, -0.15) is 0 Å². The number of alkyl carbamates (subject to hydrolysis) is 1. The Bertz CT molecular complexity index is 716. The lowest BCUT2D eigenvalue weighted by Crippen LogP contribution is -2.37. The standard InChI is InChI=1S/C16H22N4O3/c1-16(2,3)23-15(22)19-7-6-18-14(21)12-9-20-13-5-4-10(17)8-11(12)13/h4-5,8-9,20H,6-7,17H2,1-3H3,(H,18,21)(H,19,22). The van der Waals surface area contributed by atoms with Gasteiger partial charge in [0.1, 0.15) is 5.60 Å². The highest BCUT2D eigenvalue weighted by Gasteiger charge is 2.16. The molecule has 7 heteroatoms. The first kappa shape index (κ1) is 16.7.